The van der Waals surface area contributed by atoms with Crippen LogP contribution in [-0.4, -0.2) is 32.3 Å². The van der Waals surface area contributed by atoms with Gasteiger partial charge in [-0.25, -0.2) is 4.39 Å². The van der Waals surface area contributed by atoms with Gasteiger partial charge in [0.15, 0.2) is 17.5 Å². The van der Waals surface area contributed by atoms with Crippen molar-refractivity contribution in [1.29, 1.82) is 0 Å². The van der Waals surface area contributed by atoms with Crippen LogP contribution in [0.25, 0.3) is 0 Å². The van der Waals surface area contributed by atoms with Crippen LogP contribution in [0.1, 0.15) is 18.1 Å². The van der Waals surface area contributed by atoms with Crippen LogP contribution in [0, 0.1) is 5.82 Å². The maximum Gasteiger partial charge on any atom is 0.191 e. The Bertz CT molecular complexity index is 754. The number of benzene rings is 2. The molecule has 0 aromatic heterocycles. The van der Waals surface area contributed by atoms with Crippen molar-refractivity contribution in [1.82, 2.24) is 10.6 Å². The molecule has 6 heteroatoms. The number of halogens is 1. The highest BCUT2D eigenvalue weighted by Gasteiger charge is 2.22. The third-order valence-electron chi connectivity index (χ3n) is 4.19. The highest BCUT2D eigenvalue weighted by molar-refractivity contribution is 5.79. The van der Waals surface area contributed by atoms with Gasteiger partial charge in [0.1, 0.15) is 11.9 Å². The average molecular weight is 357 g/mol. The lowest BCUT2D eigenvalue weighted by molar-refractivity contribution is 0.235. The number of ether oxygens (including phenoxy) is 2. The summed E-state index contributed by atoms with van der Waals surface area (Å²) in [5.74, 6) is 1.52. The quantitative estimate of drug-likeness (QED) is 0.617. The normalized spacial score (nSPS) is 16.0. The molecule has 1 aliphatic heterocycles. The third-order valence-corrected chi connectivity index (χ3v) is 4.19. The van der Waals surface area contributed by atoms with Crippen molar-refractivity contribution in [3.05, 3.63) is 59.4 Å². The van der Waals surface area contributed by atoms with Gasteiger partial charge in [0, 0.05) is 20.0 Å². The topological polar surface area (TPSA) is 54.9 Å². The number of fused-ring (bicyclic) bond motifs is 1. The summed E-state index contributed by atoms with van der Waals surface area (Å²) in [5, 5.41) is 6.44. The molecule has 0 radical (unpaired) electrons. The Balaban J connectivity index is 1.48. The van der Waals surface area contributed by atoms with Crippen LogP contribution in [0.3, 0.4) is 0 Å². The summed E-state index contributed by atoms with van der Waals surface area (Å²) in [7, 11) is 1.71. The van der Waals surface area contributed by atoms with Crippen LogP contribution < -0.4 is 20.1 Å². The van der Waals surface area contributed by atoms with E-state index in [1.165, 1.54) is 11.6 Å². The molecule has 0 fully saturated rings. The van der Waals surface area contributed by atoms with Gasteiger partial charge in [-0.05, 0) is 36.2 Å². The molecule has 5 nitrogen and oxygen atoms in total. The highest BCUT2D eigenvalue weighted by Crippen LogP contribution is 2.27. The summed E-state index contributed by atoms with van der Waals surface area (Å²) >= 11 is 0. The molecule has 0 spiro atoms. The summed E-state index contributed by atoms with van der Waals surface area (Å²) in [6, 6.07) is 13.0. The molecule has 0 amide bonds. The van der Waals surface area contributed by atoms with Crippen molar-refractivity contribution < 1.29 is 13.9 Å². The van der Waals surface area contributed by atoms with E-state index in [0.717, 1.165) is 17.7 Å². The van der Waals surface area contributed by atoms with Gasteiger partial charge >= 0.3 is 0 Å². The fourth-order valence-corrected chi connectivity index (χ4v) is 2.91. The number of nitrogens with zero attached hydrogens (tertiary/aromatic N) is 1. The number of guanidine groups is 1. The Morgan fingerprint density at radius 3 is 2.85 bits per heavy atom. The first-order valence-corrected chi connectivity index (χ1v) is 8.80. The molecule has 0 aliphatic carbocycles. The zero-order valence-corrected chi connectivity index (χ0v) is 15.1. The van der Waals surface area contributed by atoms with Crippen LogP contribution in [0.2, 0.25) is 0 Å². The molecule has 3 rings (SSSR count). The molecule has 138 valence electrons. The first-order valence-electron chi connectivity index (χ1n) is 8.80. The first kappa shape index (κ1) is 18.0. The molecule has 0 saturated heterocycles. The summed E-state index contributed by atoms with van der Waals surface area (Å²) in [6.07, 6.45) is 0.957. The Labute approximate surface area is 153 Å². The second-order valence-electron chi connectivity index (χ2n) is 6.06. The van der Waals surface area contributed by atoms with Crippen LogP contribution >= 0.6 is 0 Å². The van der Waals surface area contributed by atoms with Crippen molar-refractivity contribution >= 4 is 5.96 Å². The molecule has 26 heavy (non-hydrogen) atoms. The Kier molecular flexibility index (Phi) is 5.94. The predicted octanol–water partition coefficient (Wildman–Crippen LogP) is 2.89. The fourth-order valence-electron chi connectivity index (χ4n) is 2.91. The standard InChI is InChI=1S/C20H24FN3O2/c1-3-25-19-9-8-14(10-17(19)21)12-23-20(22-2)24-13-16-11-15-6-4-5-7-18(15)26-16/h4-10,16H,3,11-13H2,1-2H3,(H2,22,23,24). The molecular formula is C20H24FN3O2. The minimum absolute atomic E-state index is 0.0777. The smallest absolute Gasteiger partial charge is 0.191 e. The average Bonchev–Trinajstić information content (AvgIpc) is 3.07. The number of hydrogen-bond acceptors (Lipinski definition) is 3. The zero-order valence-electron chi connectivity index (χ0n) is 15.1. The molecule has 2 aromatic rings. The van der Waals surface area contributed by atoms with Crippen molar-refractivity contribution in [3.63, 3.8) is 0 Å². The molecule has 0 bridgehead atoms. The van der Waals surface area contributed by atoms with E-state index >= 15 is 0 Å². The van der Waals surface area contributed by atoms with Crippen LogP contribution in [0.15, 0.2) is 47.5 Å². The molecule has 1 unspecified atom stereocenters. The molecular weight excluding hydrogens is 333 g/mol. The predicted molar refractivity (Wildman–Crippen MR) is 100 cm³/mol. The number of aliphatic imine (C=N–C) groups is 1. The van der Waals surface area contributed by atoms with E-state index < -0.39 is 0 Å². The summed E-state index contributed by atoms with van der Waals surface area (Å²) < 4.78 is 25.0. The molecule has 1 atom stereocenters. The van der Waals surface area contributed by atoms with Gasteiger partial charge in [0.2, 0.25) is 0 Å². The van der Waals surface area contributed by atoms with Gasteiger partial charge in [0.05, 0.1) is 13.2 Å². The van der Waals surface area contributed by atoms with E-state index in [1.807, 2.05) is 31.2 Å². The molecule has 2 aromatic carbocycles. The lowest BCUT2D eigenvalue weighted by Crippen LogP contribution is -2.41. The minimum Gasteiger partial charge on any atom is -0.491 e. The van der Waals surface area contributed by atoms with Crippen LogP contribution in [0.5, 0.6) is 11.5 Å². The number of nitrogens with one attached hydrogen (secondary N) is 2. The molecule has 1 heterocycles. The monoisotopic (exact) mass is 357 g/mol. The lowest BCUT2D eigenvalue weighted by atomic mass is 10.1. The van der Waals surface area contributed by atoms with E-state index in [1.54, 1.807) is 13.1 Å². The van der Waals surface area contributed by atoms with E-state index in [9.17, 15) is 4.39 Å². The van der Waals surface area contributed by atoms with Gasteiger partial charge in [-0.1, -0.05) is 24.3 Å². The Morgan fingerprint density at radius 1 is 1.27 bits per heavy atom. The SMILES string of the molecule is CCOc1ccc(CNC(=NC)NCC2Cc3ccccc3O2)cc1F. The molecule has 0 saturated carbocycles. The van der Waals surface area contributed by atoms with Gasteiger partial charge in [-0.15, -0.1) is 0 Å². The maximum absolute atomic E-state index is 13.9. The lowest BCUT2D eigenvalue weighted by Gasteiger charge is -2.16. The first-order chi connectivity index (χ1) is 12.7. The zero-order chi connectivity index (χ0) is 18.4. The summed E-state index contributed by atoms with van der Waals surface area (Å²) in [6.45, 7) is 3.38. The number of para-hydroxylation sites is 1. The van der Waals surface area contributed by atoms with Gasteiger partial charge < -0.3 is 20.1 Å². The minimum atomic E-state index is -0.355. The van der Waals surface area contributed by atoms with E-state index in [-0.39, 0.29) is 17.7 Å². The van der Waals surface area contributed by atoms with Gasteiger partial charge in [0.25, 0.3) is 0 Å². The Morgan fingerprint density at radius 2 is 2.12 bits per heavy atom. The van der Waals surface area contributed by atoms with Crippen molar-refractivity contribution in [2.45, 2.75) is 26.0 Å². The fraction of sp³-hybridized carbons (Fsp3) is 0.350. The number of hydrogen-bond donors (Lipinski definition) is 2. The van der Waals surface area contributed by atoms with E-state index in [4.69, 9.17) is 9.47 Å². The summed E-state index contributed by atoms with van der Waals surface area (Å²) in [5.41, 5.74) is 2.05. The van der Waals surface area contributed by atoms with E-state index in [2.05, 4.69) is 21.7 Å². The summed E-state index contributed by atoms with van der Waals surface area (Å²) in [4.78, 5) is 4.20. The Hall–Kier alpha value is -2.76. The van der Waals surface area contributed by atoms with Gasteiger partial charge in [-0.3, -0.25) is 4.99 Å². The van der Waals surface area contributed by atoms with Crippen molar-refractivity contribution in [3.8, 4) is 11.5 Å². The van der Waals surface area contributed by atoms with E-state index in [0.29, 0.717) is 25.7 Å². The molecule has 1 aliphatic rings. The second kappa shape index (κ2) is 8.56. The van der Waals surface area contributed by atoms with Crippen LogP contribution in [0.4, 0.5) is 4.39 Å². The second-order valence-corrected chi connectivity index (χ2v) is 6.06. The highest BCUT2D eigenvalue weighted by atomic mass is 19.1. The van der Waals surface area contributed by atoms with Crippen molar-refractivity contribution in [2.24, 2.45) is 4.99 Å². The van der Waals surface area contributed by atoms with Crippen LogP contribution in [-0.2, 0) is 13.0 Å². The maximum atomic E-state index is 13.9. The largest absolute Gasteiger partial charge is 0.491 e. The van der Waals surface area contributed by atoms with Gasteiger partial charge in [-0.2, -0.15) is 0 Å². The number of rotatable bonds is 6. The van der Waals surface area contributed by atoms with Crippen molar-refractivity contribution in [2.75, 3.05) is 20.2 Å². The molecule has 2 N–H and O–H groups in total. The third kappa shape index (κ3) is 4.45.